The quantitative estimate of drug-likeness (QED) is 0.800. The van der Waals surface area contributed by atoms with Gasteiger partial charge in [-0.2, -0.15) is 5.10 Å². The first-order chi connectivity index (χ1) is 10.2. The molecule has 0 saturated heterocycles. The number of aromatic amines is 1. The van der Waals surface area contributed by atoms with Crippen LogP contribution in [0.3, 0.4) is 0 Å². The average molecular weight is 284 g/mol. The van der Waals surface area contributed by atoms with Crippen molar-refractivity contribution in [2.75, 3.05) is 0 Å². The van der Waals surface area contributed by atoms with Gasteiger partial charge in [-0.3, -0.25) is 4.68 Å². The van der Waals surface area contributed by atoms with Crippen LogP contribution in [-0.4, -0.2) is 19.7 Å². The van der Waals surface area contributed by atoms with Crippen LogP contribution < -0.4 is 0 Å². The van der Waals surface area contributed by atoms with E-state index in [4.69, 9.17) is 0 Å². The Morgan fingerprint density at radius 1 is 1.33 bits per heavy atom. The largest absolute Gasteiger partial charge is 0.348 e. The Morgan fingerprint density at radius 2 is 2.19 bits per heavy atom. The number of hydrogen-bond acceptors (Lipinski definition) is 2. The molecule has 0 amide bonds. The van der Waals surface area contributed by atoms with Crippen LogP contribution in [0.4, 0.5) is 4.39 Å². The Hall–Kier alpha value is -2.43. The summed E-state index contributed by atoms with van der Waals surface area (Å²) >= 11 is 0. The molecule has 0 aliphatic heterocycles. The molecule has 0 unspecified atom stereocenters. The molecule has 4 nitrogen and oxygen atoms in total. The van der Waals surface area contributed by atoms with E-state index >= 15 is 0 Å². The minimum atomic E-state index is -0.153. The summed E-state index contributed by atoms with van der Waals surface area (Å²) in [5.41, 5.74) is 3.29. The van der Waals surface area contributed by atoms with Crippen LogP contribution in [-0.2, 0) is 13.5 Å². The normalized spacial score (nSPS) is 12.5. The SMILES string of the molecule is Cc1cccc([C@H](Cc2ccnn2C)c2cnc[nH]2)c1F. The van der Waals surface area contributed by atoms with Crippen LogP contribution in [0.2, 0.25) is 0 Å². The number of halogens is 1. The topological polar surface area (TPSA) is 46.5 Å². The highest BCUT2D eigenvalue weighted by Crippen LogP contribution is 2.29. The van der Waals surface area contributed by atoms with Crippen molar-refractivity contribution in [3.05, 3.63) is 71.3 Å². The number of aryl methyl sites for hydroxylation is 2. The van der Waals surface area contributed by atoms with Crippen LogP contribution in [0.25, 0.3) is 0 Å². The van der Waals surface area contributed by atoms with E-state index in [-0.39, 0.29) is 11.7 Å². The Balaban J connectivity index is 2.05. The highest BCUT2D eigenvalue weighted by molar-refractivity contribution is 5.34. The molecule has 1 aromatic carbocycles. The molecule has 108 valence electrons. The number of rotatable bonds is 4. The lowest BCUT2D eigenvalue weighted by Crippen LogP contribution is -2.11. The molecule has 5 heteroatoms. The number of imidazole rings is 1. The number of nitrogens with zero attached hydrogens (tertiary/aromatic N) is 3. The number of nitrogens with one attached hydrogen (secondary N) is 1. The lowest BCUT2D eigenvalue weighted by atomic mass is 9.90. The van der Waals surface area contributed by atoms with Crippen LogP contribution in [0.5, 0.6) is 0 Å². The molecule has 0 bridgehead atoms. The number of H-pyrrole nitrogens is 1. The van der Waals surface area contributed by atoms with Crippen molar-refractivity contribution >= 4 is 0 Å². The Morgan fingerprint density at radius 3 is 2.86 bits per heavy atom. The van der Waals surface area contributed by atoms with Crippen LogP contribution in [0.15, 0.2) is 43.0 Å². The van der Waals surface area contributed by atoms with Gasteiger partial charge in [-0.25, -0.2) is 9.37 Å². The Bertz CT molecular complexity index is 731. The fourth-order valence-corrected chi connectivity index (χ4v) is 2.59. The molecule has 0 spiro atoms. The Labute approximate surface area is 122 Å². The molecule has 3 aromatic rings. The van der Waals surface area contributed by atoms with Crippen molar-refractivity contribution in [1.29, 1.82) is 0 Å². The smallest absolute Gasteiger partial charge is 0.129 e. The minimum absolute atomic E-state index is 0.109. The van der Waals surface area contributed by atoms with Gasteiger partial charge in [0, 0.05) is 43.2 Å². The fraction of sp³-hybridized carbons (Fsp3) is 0.250. The molecule has 0 radical (unpaired) electrons. The van der Waals surface area contributed by atoms with Gasteiger partial charge in [0.05, 0.1) is 6.33 Å². The third-order valence-corrected chi connectivity index (χ3v) is 3.83. The van der Waals surface area contributed by atoms with Gasteiger partial charge in [0.15, 0.2) is 0 Å². The van der Waals surface area contributed by atoms with E-state index in [1.807, 2.05) is 29.9 Å². The lowest BCUT2D eigenvalue weighted by molar-refractivity contribution is 0.577. The zero-order chi connectivity index (χ0) is 14.8. The van der Waals surface area contributed by atoms with Gasteiger partial charge in [-0.15, -0.1) is 0 Å². The average Bonchev–Trinajstić information content (AvgIpc) is 3.12. The molecule has 1 atom stereocenters. The van der Waals surface area contributed by atoms with E-state index < -0.39 is 0 Å². The van der Waals surface area contributed by atoms with Gasteiger partial charge in [-0.05, 0) is 24.1 Å². The van der Waals surface area contributed by atoms with Gasteiger partial charge >= 0.3 is 0 Å². The first-order valence-electron chi connectivity index (χ1n) is 6.87. The second kappa shape index (κ2) is 5.52. The molecule has 3 rings (SSSR count). The van der Waals surface area contributed by atoms with Crippen LogP contribution >= 0.6 is 0 Å². The Kier molecular flexibility index (Phi) is 3.56. The third kappa shape index (κ3) is 2.59. The molecular formula is C16H17FN4. The summed E-state index contributed by atoms with van der Waals surface area (Å²) in [4.78, 5) is 7.18. The van der Waals surface area contributed by atoms with Crippen LogP contribution in [0.1, 0.15) is 28.4 Å². The van der Waals surface area contributed by atoms with Crippen molar-refractivity contribution < 1.29 is 4.39 Å². The summed E-state index contributed by atoms with van der Waals surface area (Å²) in [5, 5.41) is 4.18. The van der Waals surface area contributed by atoms with E-state index in [0.717, 1.165) is 11.4 Å². The molecule has 21 heavy (non-hydrogen) atoms. The number of benzene rings is 1. The third-order valence-electron chi connectivity index (χ3n) is 3.83. The molecule has 0 fully saturated rings. The zero-order valence-corrected chi connectivity index (χ0v) is 12.0. The van der Waals surface area contributed by atoms with Crippen molar-refractivity contribution in [1.82, 2.24) is 19.7 Å². The summed E-state index contributed by atoms with van der Waals surface area (Å²) in [6.45, 7) is 1.78. The van der Waals surface area contributed by atoms with E-state index in [2.05, 4.69) is 15.1 Å². The van der Waals surface area contributed by atoms with Crippen molar-refractivity contribution in [2.24, 2.45) is 7.05 Å². The van der Waals surface area contributed by atoms with E-state index in [1.54, 1.807) is 31.7 Å². The van der Waals surface area contributed by atoms with Gasteiger partial charge in [0.25, 0.3) is 0 Å². The first kappa shape index (κ1) is 13.5. The molecule has 0 saturated carbocycles. The predicted octanol–water partition coefficient (Wildman–Crippen LogP) is 2.97. The van der Waals surface area contributed by atoms with Gasteiger partial charge in [0.1, 0.15) is 5.82 Å². The van der Waals surface area contributed by atoms with Crippen molar-refractivity contribution in [2.45, 2.75) is 19.3 Å². The molecule has 2 heterocycles. The maximum Gasteiger partial charge on any atom is 0.129 e. The molecule has 2 aromatic heterocycles. The highest BCUT2D eigenvalue weighted by atomic mass is 19.1. The number of aromatic nitrogens is 4. The van der Waals surface area contributed by atoms with E-state index in [0.29, 0.717) is 17.5 Å². The molecular weight excluding hydrogens is 267 g/mol. The maximum absolute atomic E-state index is 14.5. The van der Waals surface area contributed by atoms with Crippen LogP contribution in [0, 0.1) is 12.7 Å². The first-order valence-corrected chi connectivity index (χ1v) is 6.87. The summed E-state index contributed by atoms with van der Waals surface area (Å²) < 4.78 is 16.3. The second-order valence-corrected chi connectivity index (χ2v) is 5.19. The monoisotopic (exact) mass is 284 g/mol. The van der Waals surface area contributed by atoms with Crippen molar-refractivity contribution in [3.63, 3.8) is 0 Å². The fourth-order valence-electron chi connectivity index (χ4n) is 2.59. The van der Waals surface area contributed by atoms with Gasteiger partial charge < -0.3 is 4.98 Å². The summed E-state index contributed by atoms with van der Waals surface area (Å²) in [7, 11) is 1.89. The predicted molar refractivity (Wildman–Crippen MR) is 78.5 cm³/mol. The highest BCUT2D eigenvalue weighted by Gasteiger charge is 2.21. The second-order valence-electron chi connectivity index (χ2n) is 5.19. The number of hydrogen-bond donors (Lipinski definition) is 1. The maximum atomic E-state index is 14.5. The molecule has 0 aliphatic carbocycles. The summed E-state index contributed by atoms with van der Waals surface area (Å²) in [6, 6.07) is 7.47. The molecule has 1 N–H and O–H groups in total. The lowest BCUT2D eigenvalue weighted by Gasteiger charge is -2.17. The standard InChI is InChI=1S/C16H17FN4/c1-11-4-3-5-13(16(11)17)14(15-9-18-10-19-15)8-12-6-7-20-21(12)2/h3-7,9-10,14H,8H2,1-2H3,(H,18,19)/t14-/m0/s1. The minimum Gasteiger partial charge on any atom is -0.348 e. The van der Waals surface area contributed by atoms with E-state index in [9.17, 15) is 4.39 Å². The van der Waals surface area contributed by atoms with Gasteiger partial charge in [-0.1, -0.05) is 18.2 Å². The van der Waals surface area contributed by atoms with Gasteiger partial charge in [0.2, 0.25) is 0 Å². The molecule has 0 aliphatic rings. The zero-order valence-electron chi connectivity index (χ0n) is 12.0. The summed E-state index contributed by atoms with van der Waals surface area (Å²) in [6.07, 6.45) is 5.80. The summed E-state index contributed by atoms with van der Waals surface area (Å²) in [5.74, 6) is -0.262. The van der Waals surface area contributed by atoms with E-state index in [1.165, 1.54) is 0 Å². The van der Waals surface area contributed by atoms with Crippen molar-refractivity contribution in [3.8, 4) is 0 Å².